The van der Waals surface area contributed by atoms with E-state index in [1.165, 1.54) is 19.5 Å². The second kappa shape index (κ2) is 10.6. The van der Waals surface area contributed by atoms with Gasteiger partial charge in [-0.05, 0) is 48.3 Å². The Morgan fingerprint density at radius 1 is 1.18 bits per heavy atom. The molecular formula is C25H22F5N3O4S. The number of nitrogens with one attached hydrogen (secondary N) is 2. The van der Waals surface area contributed by atoms with Crippen LogP contribution < -0.4 is 9.46 Å². The summed E-state index contributed by atoms with van der Waals surface area (Å²) in [5.74, 6) is 1.73. The van der Waals surface area contributed by atoms with Gasteiger partial charge in [-0.25, -0.2) is 18.0 Å². The van der Waals surface area contributed by atoms with Crippen molar-refractivity contribution in [1.29, 1.82) is 0 Å². The fourth-order valence-electron chi connectivity index (χ4n) is 3.85. The number of aliphatic hydroxyl groups is 1. The number of aliphatic hydroxyl groups excluding tert-OH is 1. The Balaban J connectivity index is 1.71. The molecule has 38 heavy (non-hydrogen) atoms. The Hall–Kier alpha value is -3.68. The minimum absolute atomic E-state index is 0.0148. The Morgan fingerprint density at radius 2 is 1.89 bits per heavy atom. The van der Waals surface area contributed by atoms with Crippen molar-refractivity contribution in [3.63, 3.8) is 0 Å². The maximum atomic E-state index is 15.7. The first kappa shape index (κ1) is 27.4. The maximum absolute atomic E-state index is 15.7. The van der Waals surface area contributed by atoms with Crippen molar-refractivity contribution in [2.75, 3.05) is 25.0 Å². The molecule has 0 amide bonds. The number of anilines is 1. The van der Waals surface area contributed by atoms with Crippen molar-refractivity contribution < 1.29 is 40.7 Å². The van der Waals surface area contributed by atoms with Gasteiger partial charge in [0, 0.05) is 29.2 Å². The second-order valence-electron chi connectivity index (χ2n) is 8.12. The van der Waals surface area contributed by atoms with Crippen LogP contribution in [0.5, 0.6) is 5.75 Å². The standard InChI is InChI=1S/C25H22F5N3O4S/c1-36-23(18-13-32-24-17(18)11-15(12-31-24)37-10-9-34)21-19(26)7-8-20(22(21)27)33-38(2,35)16-5-3-14(4-6-16)25(28,29)30/h3-8,11-13,23,34H,2,9-10H2,1H3,(H,31,32)(H,33,35). The molecule has 2 atom stereocenters. The molecule has 0 aliphatic heterocycles. The van der Waals surface area contributed by atoms with Crippen molar-refractivity contribution in [2.45, 2.75) is 17.2 Å². The summed E-state index contributed by atoms with van der Waals surface area (Å²) in [4.78, 5) is 6.97. The maximum Gasteiger partial charge on any atom is 0.416 e. The predicted octanol–water partition coefficient (Wildman–Crippen LogP) is 5.07. The minimum Gasteiger partial charge on any atom is -0.490 e. The van der Waals surface area contributed by atoms with E-state index in [0.29, 0.717) is 22.3 Å². The number of ether oxygens (including phenoxy) is 2. The molecule has 13 heteroatoms. The number of benzene rings is 2. The molecule has 0 spiro atoms. The molecule has 0 radical (unpaired) electrons. The molecule has 2 unspecified atom stereocenters. The van der Waals surface area contributed by atoms with Crippen LogP contribution in [0.3, 0.4) is 0 Å². The largest absolute Gasteiger partial charge is 0.490 e. The number of methoxy groups -OCH3 is 1. The first-order valence-electron chi connectivity index (χ1n) is 11.0. The molecule has 3 N–H and O–H groups in total. The number of H-pyrrole nitrogens is 1. The highest BCUT2D eigenvalue weighted by Gasteiger charge is 2.31. The first-order chi connectivity index (χ1) is 18.0. The van der Waals surface area contributed by atoms with E-state index in [1.807, 2.05) is 0 Å². The second-order valence-corrected chi connectivity index (χ2v) is 10.1. The predicted molar refractivity (Wildman–Crippen MR) is 132 cm³/mol. The van der Waals surface area contributed by atoms with Gasteiger partial charge in [0.25, 0.3) is 0 Å². The van der Waals surface area contributed by atoms with Gasteiger partial charge in [-0.1, -0.05) is 0 Å². The van der Waals surface area contributed by atoms with Gasteiger partial charge in [-0.15, -0.1) is 0 Å². The van der Waals surface area contributed by atoms with Crippen LogP contribution in [0, 0.1) is 11.6 Å². The van der Waals surface area contributed by atoms with Crippen LogP contribution in [-0.2, 0) is 20.6 Å². The quantitative estimate of drug-likeness (QED) is 0.198. The fourth-order valence-corrected chi connectivity index (χ4v) is 5.06. The summed E-state index contributed by atoms with van der Waals surface area (Å²) in [6.07, 6.45) is -3.00. The first-order valence-corrected chi connectivity index (χ1v) is 12.7. The molecule has 2 aromatic heterocycles. The zero-order valence-electron chi connectivity index (χ0n) is 19.8. The van der Waals surface area contributed by atoms with Crippen LogP contribution in [0.25, 0.3) is 11.0 Å². The van der Waals surface area contributed by atoms with Crippen molar-refractivity contribution in [3.8, 4) is 5.75 Å². The number of halogens is 5. The zero-order valence-corrected chi connectivity index (χ0v) is 20.6. The summed E-state index contributed by atoms with van der Waals surface area (Å²) < 4.78 is 95.8. The third-order valence-electron chi connectivity index (χ3n) is 5.64. The molecule has 202 valence electrons. The van der Waals surface area contributed by atoms with Crippen LogP contribution in [0.1, 0.15) is 22.8 Å². The number of fused-ring (bicyclic) bond motifs is 1. The Morgan fingerprint density at radius 3 is 2.53 bits per heavy atom. The van der Waals surface area contributed by atoms with Crippen LogP contribution in [-0.4, -0.2) is 45.5 Å². The number of nitrogens with zero attached hydrogens (tertiary/aromatic N) is 1. The number of hydrogen-bond acceptors (Lipinski definition) is 5. The monoisotopic (exact) mass is 555 g/mol. The van der Waals surface area contributed by atoms with Crippen molar-refractivity contribution in [2.24, 2.45) is 0 Å². The molecule has 0 saturated heterocycles. The molecule has 0 saturated carbocycles. The van der Waals surface area contributed by atoms with Gasteiger partial charge >= 0.3 is 6.18 Å². The molecule has 7 nitrogen and oxygen atoms in total. The lowest BCUT2D eigenvalue weighted by atomic mass is 9.99. The lowest BCUT2D eigenvalue weighted by molar-refractivity contribution is -0.137. The average molecular weight is 556 g/mol. The molecule has 2 heterocycles. The normalized spacial score (nSPS) is 14.3. The smallest absolute Gasteiger partial charge is 0.416 e. The van der Waals surface area contributed by atoms with E-state index in [9.17, 15) is 21.8 Å². The molecule has 0 aliphatic rings. The number of aromatic nitrogens is 2. The van der Waals surface area contributed by atoms with Gasteiger partial charge in [0.05, 0.1) is 39.3 Å². The SMILES string of the molecule is C=S(=O)(Nc1ccc(F)c(C(OC)c2c[nH]c3ncc(OCCO)cc23)c1F)c1ccc(C(F)(F)F)cc1. The van der Waals surface area contributed by atoms with E-state index in [1.54, 1.807) is 6.07 Å². The fraction of sp³-hybridized carbons (Fsp3) is 0.200. The van der Waals surface area contributed by atoms with Gasteiger partial charge in [-0.2, -0.15) is 13.2 Å². The summed E-state index contributed by atoms with van der Waals surface area (Å²) in [5.41, 5.74) is -1.15. The number of alkyl halides is 3. The zero-order chi connectivity index (χ0) is 27.7. The topological polar surface area (TPSA) is 96.5 Å². The Bertz CT molecular complexity index is 1550. The van der Waals surface area contributed by atoms with E-state index >= 15 is 4.39 Å². The summed E-state index contributed by atoms with van der Waals surface area (Å²) in [6.45, 7) is -0.211. The number of rotatable bonds is 9. The summed E-state index contributed by atoms with van der Waals surface area (Å²) in [6, 6.07) is 6.94. The molecular weight excluding hydrogens is 533 g/mol. The molecule has 4 rings (SSSR count). The third kappa shape index (κ3) is 5.44. The van der Waals surface area contributed by atoms with Gasteiger partial charge in [0.2, 0.25) is 0 Å². The van der Waals surface area contributed by atoms with Gasteiger partial charge in [0.15, 0.2) is 5.82 Å². The van der Waals surface area contributed by atoms with Gasteiger partial charge in [-0.3, -0.25) is 0 Å². The van der Waals surface area contributed by atoms with E-state index in [4.69, 9.17) is 14.6 Å². The molecule has 0 bridgehead atoms. The lowest BCUT2D eigenvalue weighted by Gasteiger charge is -2.20. The Labute approximate surface area is 214 Å². The summed E-state index contributed by atoms with van der Waals surface area (Å²) >= 11 is 0. The lowest BCUT2D eigenvalue weighted by Crippen LogP contribution is -2.17. The van der Waals surface area contributed by atoms with Crippen LogP contribution in [0.4, 0.5) is 27.6 Å². The average Bonchev–Trinajstić information content (AvgIpc) is 3.29. The van der Waals surface area contributed by atoms with Gasteiger partial charge < -0.3 is 24.3 Å². The van der Waals surface area contributed by atoms with Crippen LogP contribution in [0.15, 0.2) is 59.8 Å². The summed E-state index contributed by atoms with van der Waals surface area (Å²) in [7, 11) is -2.29. The van der Waals surface area contributed by atoms with Crippen LogP contribution in [0.2, 0.25) is 0 Å². The van der Waals surface area contributed by atoms with Crippen molar-refractivity contribution in [1.82, 2.24) is 9.97 Å². The van der Waals surface area contributed by atoms with Crippen molar-refractivity contribution >= 4 is 32.3 Å². The van der Waals surface area contributed by atoms with E-state index < -0.39 is 50.4 Å². The third-order valence-corrected chi connectivity index (χ3v) is 7.23. The Kier molecular flexibility index (Phi) is 7.63. The van der Waals surface area contributed by atoms with Gasteiger partial charge in [0.1, 0.15) is 29.9 Å². The van der Waals surface area contributed by atoms with Crippen molar-refractivity contribution in [3.05, 3.63) is 83.2 Å². The van der Waals surface area contributed by atoms with Crippen LogP contribution >= 0.6 is 0 Å². The highest BCUT2D eigenvalue weighted by molar-refractivity contribution is 8.01. The highest BCUT2D eigenvalue weighted by Crippen LogP contribution is 2.37. The highest BCUT2D eigenvalue weighted by atomic mass is 32.2. The molecule has 4 aromatic rings. The number of aromatic amines is 1. The van der Waals surface area contributed by atoms with E-state index in [0.717, 1.165) is 36.4 Å². The molecule has 2 aromatic carbocycles. The van der Waals surface area contributed by atoms with E-state index in [-0.39, 0.29) is 18.1 Å². The molecule has 0 aliphatic carbocycles. The molecule has 0 fully saturated rings. The summed E-state index contributed by atoms with van der Waals surface area (Å²) in [5, 5.41) is 9.42. The number of pyridine rings is 1. The minimum atomic E-state index is -4.59. The number of hydrogen-bond donors (Lipinski definition) is 3. The van der Waals surface area contributed by atoms with E-state index in [2.05, 4.69) is 20.6 Å².